The molecule has 0 amide bonds. The van der Waals surface area contributed by atoms with Gasteiger partial charge in [0, 0.05) is 32.4 Å². The van der Waals surface area contributed by atoms with E-state index in [4.69, 9.17) is 5.73 Å². The summed E-state index contributed by atoms with van der Waals surface area (Å²) in [6, 6.07) is 1.95. The number of nitrogens with two attached hydrogens (primary N) is 1. The molecular weight excluding hydrogens is 202 g/mol. The molecule has 2 N–H and O–H groups in total. The van der Waals surface area contributed by atoms with Gasteiger partial charge in [-0.3, -0.25) is 0 Å². The summed E-state index contributed by atoms with van der Waals surface area (Å²) in [4.78, 5) is 13.0. The summed E-state index contributed by atoms with van der Waals surface area (Å²) in [6.07, 6.45) is 1.73. The molecule has 0 spiro atoms. The summed E-state index contributed by atoms with van der Waals surface area (Å²) >= 11 is 0. The molecule has 16 heavy (non-hydrogen) atoms. The van der Waals surface area contributed by atoms with Crippen LogP contribution in [0.2, 0.25) is 0 Å². The summed E-state index contributed by atoms with van der Waals surface area (Å²) in [6.45, 7) is 4.63. The minimum Gasteiger partial charge on any atom is -0.368 e. The Balaban J connectivity index is 1.75. The van der Waals surface area contributed by atoms with Gasteiger partial charge < -0.3 is 15.5 Å². The number of likely N-dealkylation sites (tertiary alicyclic amines) is 1. The van der Waals surface area contributed by atoms with E-state index in [1.807, 2.05) is 6.07 Å². The second-order valence-corrected chi connectivity index (χ2v) is 4.92. The number of aromatic nitrogens is 2. The van der Waals surface area contributed by atoms with E-state index in [9.17, 15) is 0 Å². The molecule has 1 aromatic rings. The number of fused-ring (bicyclic) bond motifs is 1. The Morgan fingerprint density at radius 3 is 2.56 bits per heavy atom. The molecule has 0 aliphatic carbocycles. The van der Waals surface area contributed by atoms with Crippen LogP contribution in [-0.2, 0) is 0 Å². The predicted octanol–water partition coefficient (Wildman–Crippen LogP) is 0.0566. The minimum atomic E-state index is 0.367. The maximum atomic E-state index is 5.61. The molecule has 2 fully saturated rings. The molecule has 2 unspecified atom stereocenters. The molecule has 3 rings (SSSR count). The lowest BCUT2D eigenvalue weighted by atomic mass is 10.0. The average molecular weight is 219 g/mol. The fourth-order valence-electron chi connectivity index (χ4n) is 2.95. The summed E-state index contributed by atoms with van der Waals surface area (Å²) in [7, 11) is 2.20. The van der Waals surface area contributed by atoms with Gasteiger partial charge in [-0.15, -0.1) is 0 Å². The standard InChI is InChI=1S/C11H17N5/c1-15-4-8-6-16(7-9(8)5-15)10-2-3-13-11(12)14-10/h2-3,8-9H,4-7H2,1H3,(H2,12,13,14). The second-order valence-electron chi connectivity index (χ2n) is 4.92. The molecule has 2 aliphatic heterocycles. The van der Waals surface area contributed by atoms with Crippen LogP contribution in [0, 0.1) is 11.8 Å². The van der Waals surface area contributed by atoms with Crippen molar-refractivity contribution in [2.75, 3.05) is 43.9 Å². The fraction of sp³-hybridized carbons (Fsp3) is 0.636. The van der Waals surface area contributed by atoms with Crippen LogP contribution in [0.4, 0.5) is 11.8 Å². The molecule has 86 valence electrons. The molecule has 0 radical (unpaired) electrons. The van der Waals surface area contributed by atoms with E-state index in [1.54, 1.807) is 6.20 Å². The molecule has 0 saturated carbocycles. The van der Waals surface area contributed by atoms with E-state index >= 15 is 0 Å². The molecule has 3 heterocycles. The highest BCUT2D eigenvalue weighted by Gasteiger charge is 2.38. The van der Waals surface area contributed by atoms with E-state index in [1.165, 1.54) is 13.1 Å². The minimum absolute atomic E-state index is 0.367. The van der Waals surface area contributed by atoms with Crippen LogP contribution < -0.4 is 10.6 Å². The first-order valence-corrected chi connectivity index (χ1v) is 5.74. The highest BCUT2D eigenvalue weighted by molar-refractivity contribution is 5.42. The van der Waals surface area contributed by atoms with Crippen molar-refractivity contribution in [3.8, 4) is 0 Å². The number of rotatable bonds is 1. The van der Waals surface area contributed by atoms with Crippen molar-refractivity contribution in [1.29, 1.82) is 0 Å². The normalized spacial score (nSPS) is 29.7. The van der Waals surface area contributed by atoms with Gasteiger partial charge in [-0.25, -0.2) is 4.98 Å². The number of hydrogen-bond acceptors (Lipinski definition) is 5. The maximum Gasteiger partial charge on any atom is 0.221 e. The molecule has 0 bridgehead atoms. The molecular formula is C11H17N5. The lowest BCUT2D eigenvalue weighted by Gasteiger charge is -2.20. The van der Waals surface area contributed by atoms with Gasteiger partial charge in [0.2, 0.25) is 5.95 Å². The summed E-state index contributed by atoms with van der Waals surface area (Å²) in [5, 5.41) is 0. The summed E-state index contributed by atoms with van der Waals surface area (Å²) in [5.41, 5.74) is 5.61. The Morgan fingerprint density at radius 1 is 1.25 bits per heavy atom. The van der Waals surface area contributed by atoms with Crippen LogP contribution in [0.5, 0.6) is 0 Å². The van der Waals surface area contributed by atoms with Crippen LogP contribution in [0.3, 0.4) is 0 Å². The third-order valence-corrected chi connectivity index (χ3v) is 3.65. The zero-order valence-electron chi connectivity index (χ0n) is 9.50. The third kappa shape index (κ3) is 1.61. The number of nitrogen functional groups attached to an aromatic ring is 1. The molecule has 2 atom stereocenters. The Morgan fingerprint density at radius 2 is 1.94 bits per heavy atom. The predicted molar refractivity (Wildman–Crippen MR) is 63.1 cm³/mol. The first kappa shape index (κ1) is 9.84. The molecule has 0 aromatic carbocycles. The van der Waals surface area contributed by atoms with Gasteiger partial charge in [-0.05, 0) is 24.9 Å². The molecule has 1 aromatic heterocycles. The molecule has 2 aliphatic rings. The van der Waals surface area contributed by atoms with Gasteiger partial charge in [0.15, 0.2) is 0 Å². The van der Waals surface area contributed by atoms with Gasteiger partial charge >= 0.3 is 0 Å². The zero-order valence-corrected chi connectivity index (χ0v) is 9.50. The van der Waals surface area contributed by atoms with Crippen LogP contribution in [0.15, 0.2) is 12.3 Å². The van der Waals surface area contributed by atoms with Crippen molar-refractivity contribution in [2.45, 2.75) is 0 Å². The van der Waals surface area contributed by atoms with Crippen molar-refractivity contribution < 1.29 is 0 Å². The van der Waals surface area contributed by atoms with Crippen molar-refractivity contribution in [1.82, 2.24) is 14.9 Å². The van der Waals surface area contributed by atoms with E-state index in [0.29, 0.717) is 5.95 Å². The van der Waals surface area contributed by atoms with Crippen LogP contribution in [0.25, 0.3) is 0 Å². The number of anilines is 2. The van der Waals surface area contributed by atoms with Crippen molar-refractivity contribution in [3.63, 3.8) is 0 Å². The lowest BCUT2D eigenvalue weighted by Crippen LogP contribution is -2.27. The van der Waals surface area contributed by atoms with Crippen molar-refractivity contribution >= 4 is 11.8 Å². The molecule has 2 saturated heterocycles. The Labute approximate surface area is 95.3 Å². The van der Waals surface area contributed by atoms with Gasteiger partial charge in [-0.2, -0.15) is 4.98 Å². The smallest absolute Gasteiger partial charge is 0.221 e. The Bertz CT molecular complexity index is 380. The lowest BCUT2D eigenvalue weighted by molar-refractivity contribution is 0.387. The SMILES string of the molecule is CN1CC2CN(c3ccnc(N)n3)CC2C1. The highest BCUT2D eigenvalue weighted by Crippen LogP contribution is 2.32. The average Bonchev–Trinajstić information content (AvgIpc) is 2.74. The van der Waals surface area contributed by atoms with Gasteiger partial charge in [0.1, 0.15) is 5.82 Å². The number of hydrogen-bond donors (Lipinski definition) is 1. The zero-order chi connectivity index (χ0) is 11.1. The van der Waals surface area contributed by atoms with Crippen LogP contribution in [0.1, 0.15) is 0 Å². The molecule has 5 heteroatoms. The summed E-state index contributed by atoms with van der Waals surface area (Å²) < 4.78 is 0. The molecule has 5 nitrogen and oxygen atoms in total. The first-order chi connectivity index (χ1) is 7.72. The van der Waals surface area contributed by atoms with E-state index in [2.05, 4.69) is 26.8 Å². The van der Waals surface area contributed by atoms with Crippen LogP contribution >= 0.6 is 0 Å². The largest absolute Gasteiger partial charge is 0.368 e. The quantitative estimate of drug-likeness (QED) is 0.723. The van der Waals surface area contributed by atoms with Crippen molar-refractivity contribution in [3.05, 3.63) is 12.3 Å². The summed E-state index contributed by atoms with van der Waals surface area (Å²) in [5.74, 6) is 2.93. The van der Waals surface area contributed by atoms with Gasteiger partial charge in [0.05, 0.1) is 0 Å². The second kappa shape index (κ2) is 3.59. The van der Waals surface area contributed by atoms with Gasteiger partial charge in [0.25, 0.3) is 0 Å². The fourth-order valence-corrected chi connectivity index (χ4v) is 2.95. The highest BCUT2D eigenvalue weighted by atomic mass is 15.3. The monoisotopic (exact) mass is 219 g/mol. The maximum absolute atomic E-state index is 5.61. The van der Waals surface area contributed by atoms with Gasteiger partial charge in [-0.1, -0.05) is 0 Å². The number of nitrogens with zero attached hydrogens (tertiary/aromatic N) is 4. The Hall–Kier alpha value is -1.36. The van der Waals surface area contributed by atoms with E-state index in [0.717, 1.165) is 30.7 Å². The van der Waals surface area contributed by atoms with Crippen molar-refractivity contribution in [2.24, 2.45) is 11.8 Å². The Kier molecular flexibility index (Phi) is 2.21. The topological polar surface area (TPSA) is 58.3 Å². The van der Waals surface area contributed by atoms with E-state index in [-0.39, 0.29) is 0 Å². The third-order valence-electron chi connectivity index (χ3n) is 3.65. The van der Waals surface area contributed by atoms with E-state index < -0.39 is 0 Å². The van der Waals surface area contributed by atoms with Crippen LogP contribution in [-0.4, -0.2) is 48.1 Å². The first-order valence-electron chi connectivity index (χ1n) is 5.74.